The third-order valence-corrected chi connectivity index (χ3v) is 3.55. The number of aromatic nitrogens is 3. The summed E-state index contributed by atoms with van der Waals surface area (Å²) in [6.07, 6.45) is 1.37. The summed E-state index contributed by atoms with van der Waals surface area (Å²) in [7, 11) is 0. The second kappa shape index (κ2) is 4.34. The number of rotatable bonds is 5. The summed E-state index contributed by atoms with van der Waals surface area (Å²) in [5.74, 6) is 0.780. The van der Waals surface area contributed by atoms with Gasteiger partial charge in [-0.25, -0.2) is 0 Å². The Kier molecular flexibility index (Phi) is 2.47. The van der Waals surface area contributed by atoms with Gasteiger partial charge in [-0.3, -0.25) is 0 Å². The van der Waals surface area contributed by atoms with Gasteiger partial charge < -0.3 is 9.47 Å². The predicted molar refractivity (Wildman–Crippen MR) is 80.4 cm³/mol. The lowest BCUT2D eigenvalue weighted by Gasteiger charge is -2.08. The quantitative estimate of drug-likeness (QED) is 0.319. The molecule has 0 saturated heterocycles. The molecule has 21 heavy (non-hydrogen) atoms. The third kappa shape index (κ3) is 1.71. The van der Waals surface area contributed by atoms with Crippen LogP contribution in [-0.4, -0.2) is 20.8 Å². The summed E-state index contributed by atoms with van der Waals surface area (Å²) < 4.78 is 14.9. The lowest BCUT2D eigenvalue weighted by Crippen LogP contribution is -2.01. The minimum atomic E-state index is 0.153. The van der Waals surface area contributed by atoms with Gasteiger partial charge in [0, 0.05) is 0 Å². The molecule has 5 nitrogen and oxygen atoms in total. The molecule has 0 saturated carbocycles. The topological polar surface area (TPSA) is 32.2 Å². The molecular formula is C16H15N3O2. The fraction of sp³-hybridized carbons (Fsp3) is 0.125. The monoisotopic (exact) mass is 281 g/mol. The van der Waals surface area contributed by atoms with Crippen LogP contribution in [-0.2, 0) is 4.74 Å². The molecule has 0 atom stereocenters. The first kappa shape index (κ1) is 12.0. The molecule has 4 rings (SSSR count). The second-order valence-electron chi connectivity index (χ2n) is 4.92. The average molecular weight is 281 g/mol. The molecule has 0 bridgehead atoms. The van der Waals surface area contributed by atoms with Crippen molar-refractivity contribution in [2.45, 2.75) is 6.92 Å². The number of para-hydroxylation sites is 2. The maximum Gasteiger partial charge on any atom is 0.230 e. The van der Waals surface area contributed by atoms with Crippen LogP contribution in [0.2, 0.25) is 0 Å². The maximum atomic E-state index is 5.67. The fourth-order valence-electron chi connectivity index (χ4n) is 2.55. The third-order valence-electron chi connectivity index (χ3n) is 3.55. The molecular weight excluding hydrogens is 266 g/mol. The van der Waals surface area contributed by atoms with Crippen molar-refractivity contribution in [2.75, 3.05) is 6.79 Å². The van der Waals surface area contributed by atoms with Crippen LogP contribution >= 0.6 is 0 Å². The molecule has 0 unspecified atom stereocenters. The molecule has 0 aliphatic heterocycles. The molecule has 2 aromatic heterocycles. The van der Waals surface area contributed by atoms with E-state index in [4.69, 9.17) is 9.47 Å². The summed E-state index contributed by atoms with van der Waals surface area (Å²) in [5, 5.41) is 0. The minimum Gasteiger partial charge on any atom is -0.466 e. The van der Waals surface area contributed by atoms with Gasteiger partial charge in [0.2, 0.25) is 6.79 Å². The van der Waals surface area contributed by atoms with E-state index in [1.165, 1.54) is 22.9 Å². The van der Waals surface area contributed by atoms with E-state index in [1.807, 2.05) is 24.3 Å². The van der Waals surface area contributed by atoms with Crippen molar-refractivity contribution in [1.82, 2.24) is 14.1 Å². The molecule has 4 aromatic rings. The Morgan fingerprint density at radius 3 is 2.48 bits per heavy atom. The van der Waals surface area contributed by atoms with Gasteiger partial charge in [-0.05, 0) is 36.8 Å². The lowest BCUT2D eigenvalue weighted by molar-refractivity contribution is 0.0805. The molecule has 5 heteroatoms. The summed E-state index contributed by atoms with van der Waals surface area (Å²) in [6.45, 7) is 5.73. The zero-order chi connectivity index (χ0) is 14.4. The van der Waals surface area contributed by atoms with Crippen molar-refractivity contribution in [2.24, 2.45) is 0 Å². The van der Waals surface area contributed by atoms with E-state index < -0.39 is 0 Å². The highest BCUT2D eigenvalue weighted by atomic mass is 16.7. The van der Waals surface area contributed by atoms with E-state index in [1.54, 1.807) is 0 Å². The Balaban J connectivity index is 1.77. The van der Waals surface area contributed by atoms with Crippen LogP contribution < -0.4 is 4.74 Å². The first-order valence-corrected chi connectivity index (χ1v) is 6.76. The van der Waals surface area contributed by atoms with E-state index in [-0.39, 0.29) is 6.79 Å². The van der Waals surface area contributed by atoms with E-state index in [0.717, 1.165) is 11.4 Å². The number of hydrogen-bond donors (Lipinski definition) is 0. The first-order chi connectivity index (χ1) is 10.3. The molecule has 2 aromatic carbocycles. The molecule has 0 N–H and O–H groups in total. The van der Waals surface area contributed by atoms with Crippen LogP contribution in [0, 0.1) is 6.92 Å². The average Bonchev–Trinajstić information content (AvgIpc) is 3.15. The maximum absolute atomic E-state index is 5.67. The normalized spacial score (nSPS) is 11.5. The van der Waals surface area contributed by atoms with Crippen LogP contribution in [0.5, 0.6) is 5.75 Å². The van der Waals surface area contributed by atoms with Crippen molar-refractivity contribution in [3.63, 3.8) is 0 Å². The molecule has 106 valence electrons. The van der Waals surface area contributed by atoms with Gasteiger partial charge in [-0.2, -0.15) is 0 Å². The highest BCUT2D eigenvalue weighted by molar-refractivity contribution is 5.79. The van der Waals surface area contributed by atoms with E-state index in [2.05, 4.69) is 45.8 Å². The van der Waals surface area contributed by atoms with E-state index in [9.17, 15) is 0 Å². The highest BCUT2D eigenvalue weighted by Crippen LogP contribution is 2.31. The zero-order valence-corrected chi connectivity index (χ0v) is 11.7. The number of hydrogen-bond acceptors (Lipinski definition) is 2. The van der Waals surface area contributed by atoms with Gasteiger partial charge in [0.25, 0.3) is 0 Å². The van der Waals surface area contributed by atoms with Gasteiger partial charge in [-0.1, -0.05) is 24.8 Å². The van der Waals surface area contributed by atoms with Crippen molar-refractivity contribution in [3.05, 3.63) is 60.9 Å². The van der Waals surface area contributed by atoms with Crippen molar-refractivity contribution < 1.29 is 9.47 Å². The molecule has 0 fully saturated rings. The van der Waals surface area contributed by atoms with Crippen LogP contribution in [0.15, 0.2) is 55.3 Å². The summed E-state index contributed by atoms with van der Waals surface area (Å²) in [5.41, 5.74) is 4.58. The minimum absolute atomic E-state index is 0.153. The van der Waals surface area contributed by atoms with Crippen LogP contribution in [0.25, 0.3) is 16.7 Å². The van der Waals surface area contributed by atoms with Crippen LogP contribution in [0.4, 0.5) is 0 Å². The largest absolute Gasteiger partial charge is 0.466 e. The summed E-state index contributed by atoms with van der Waals surface area (Å²) in [4.78, 5) is 2.08. The Labute approximate surface area is 121 Å². The lowest BCUT2D eigenvalue weighted by atomic mass is 10.2. The Hall–Kier alpha value is -2.82. The molecule has 0 aliphatic rings. The Morgan fingerprint density at radius 1 is 1.10 bits per heavy atom. The number of benzene rings is 2. The van der Waals surface area contributed by atoms with E-state index in [0.29, 0.717) is 0 Å². The Morgan fingerprint density at radius 2 is 1.81 bits per heavy atom. The van der Waals surface area contributed by atoms with E-state index >= 15 is 0 Å². The van der Waals surface area contributed by atoms with Gasteiger partial charge in [0.05, 0.1) is 6.26 Å². The van der Waals surface area contributed by atoms with Gasteiger partial charge in [0.1, 0.15) is 16.7 Å². The molecule has 0 amide bonds. The van der Waals surface area contributed by atoms with Gasteiger partial charge >= 0.3 is 0 Å². The van der Waals surface area contributed by atoms with Gasteiger partial charge in [0.15, 0.2) is 5.75 Å². The fourth-order valence-corrected chi connectivity index (χ4v) is 2.55. The van der Waals surface area contributed by atoms with Gasteiger partial charge in [-0.15, -0.1) is 14.1 Å². The standard InChI is InChI=1S/C16H15N3O2/c1-3-20-11-21-16-9-8-12(2)10-15(16)19-17-13-6-4-5-7-14(13)18(17)19/h3-10H,1,11H2,2H3. The van der Waals surface area contributed by atoms with Crippen LogP contribution in [0.3, 0.4) is 0 Å². The molecule has 0 radical (unpaired) electrons. The summed E-state index contributed by atoms with van der Waals surface area (Å²) >= 11 is 0. The number of ether oxygens (including phenoxy) is 2. The molecule has 0 spiro atoms. The van der Waals surface area contributed by atoms with Crippen molar-refractivity contribution >= 4 is 11.0 Å². The predicted octanol–water partition coefficient (Wildman–Crippen LogP) is 3.23. The first-order valence-electron chi connectivity index (χ1n) is 6.76. The zero-order valence-electron chi connectivity index (χ0n) is 11.7. The SMILES string of the molecule is C=COCOc1ccc(C)cc1-n1n2c3ccccc3n12. The van der Waals surface area contributed by atoms with Crippen molar-refractivity contribution in [1.29, 1.82) is 0 Å². The second-order valence-corrected chi connectivity index (χ2v) is 4.92. The molecule has 2 heterocycles. The number of nitrogens with zero attached hydrogens (tertiary/aromatic N) is 3. The number of aryl methyl sites for hydroxylation is 1. The molecule has 0 aliphatic carbocycles. The summed E-state index contributed by atoms with van der Waals surface area (Å²) in [6, 6.07) is 14.4. The van der Waals surface area contributed by atoms with Crippen molar-refractivity contribution in [3.8, 4) is 11.4 Å². The van der Waals surface area contributed by atoms with Crippen LogP contribution in [0.1, 0.15) is 5.56 Å². The highest BCUT2D eigenvalue weighted by Gasteiger charge is 2.25. The Bertz CT molecular complexity index is 871. The number of fused-ring (bicyclic) bond motifs is 4. The smallest absolute Gasteiger partial charge is 0.230 e.